The molecule has 1 amide bonds. The predicted molar refractivity (Wildman–Crippen MR) is 156 cm³/mol. The summed E-state index contributed by atoms with van der Waals surface area (Å²) in [6, 6.07) is 15.4. The summed E-state index contributed by atoms with van der Waals surface area (Å²) in [5.74, 6) is 0.291. The molecule has 0 spiro atoms. The van der Waals surface area contributed by atoms with Gasteiger partial charge in [-0.3, -0.25) is 14.7 Å². The fraction of sp³-hybridized carbons (Fsp3) is 0.267. The number of benzene rings is 2. The minimum Gasteiger partial charge on any atom is -0.324 e. The fourth-order valence-corrected chi connectivity index (χ4v) is 4.14. The Bertz CT molecular complexity index is 1320. The second-order valence-electron chi connectivity index (χ2n) is 9.35. The molecule has 1 fully saturated rings. The first-order valence-corrected chi connectivity index (χ1v) is 12.8. The largest absolute Gasteiger partial charge is 0.324 e. The van der Waals surface area contributed by atoms with Crippen molar-refractivity contribution in [1.82, 2.24) is 19.8 Å². The van der Waals surface area contributed by atoms with Crippen molar-refractivity contribution in [3.8, 4) is 0 Å². The number of aromatic nitrogens is 2. The molecule has 2 heterocycles. The summed E-state index contributed by atoms with van der Waals surface area (Å²) < 4.78 is 0. The Hall–Kier alpha value is -4.14. The van der Waals surface area contributed by atoms with Gasteiger partial charge in [-0.1, -0.05) is 30.9 Å². The second-order valence-corrected chi connectivity index (χ2v) is 9.35. The Morgan fingerprint density at radius 2 is 1.87 bits per heavy atom. The molecular formula is C30H35N7O. The molecule has 0 bridgehead atoms. The molecule has 1 aromatic heterocycles. The third-order valence-corrected chi connectivity index (χ3v) is 6.49. The molecule has 0 atom stereocenters. The predicted octanol–water partition coefficient (Wildman–Crippen LogP) is 5.15. The average molecular weight is 510 g/mol. The van der Waals surface area contributed by atoms with Crippen molar-refractivity contribution in [3.63, 3.8) is 0 Å². The lowest BCUT2D eigenvalue weighted by Gasteiger charge is -2.32. The van der Waals surface area contributed by atoms with E-state index >= 15 is 0 Å². The zero-order valence-corrected chi connectivity index (χ0v) is 22.3. The highest BCUT2D eigenvalue weighted by atomic mass is 16.1. The van der Waals surface area contributed by atoms with Crippen molar-refractivity contribution in [3.05, 3.63) is 96.0 Å². The van der Waals surface area contributed by atoms with Gasteiger partial charge in [-0.05, 0) is 62.4 Å². The van der Waals surface area contributed by atoms with Crippen LogP contribution in [0.5, 0.6) is 0 Å². The number of piperazine rings is 1. The monoisotopic (exact) mass is 509 g/mol. The summed E-state index contributed by atoms with van der Waals surface area (Å²) in [6.07, 6.45) is 6.81. The van der Waals surface area contributed by atoms with Crippen LogP contribution < -0.4 is 10.6 Å². The number of amides is 1. The molecule has 4 rings (SSSR count). The highest BCUT2D eigenvalue weighted by Gasteiger charge is 2.14. The van der Waals surface area contributed by atoms with E-state index in [1.165, 1.54) is 5.56 Å². The summed E-state index contributed by atoms with van der Waals surface area (Å²) in [6.45, 7) is 12.9. The van der Waals surface area contributed by atoms with Crippen LogP contribution in [0, 0.1) is 6.92 Å². The third kappa shape index (κ3) is 7.21. The Morgan fingerprint density at radius 1 is 1.11 bits per heavy atom. The fourth-order valence-electron chi connectivity index (χ4n) is 4.14. The number of hydrogen-bond acceptors (Lipinski definition) is 7. The van der Waals surface area contributed by atoms with E-state index in [2.05, 4.69) is 49.0 Å². The highest BCUT2D eigenvalue weighted by molar-refractivity contribution is 6.04. The number of carbonyl (C=O) groups excluding carboxylic acids is 1. The molecule has 8 heteroatoms. The van der Waals surface area contributed by atoms with Gasteiger partial charge in [0.15, 0.2) is 0 Å². The number of allylic oxidation sites excluding steroid dienone is 2. The molecule has 2 N–H and O–H groups in total. The van der Waals surface area contributed by atoms with E-state index in [9.17, 15) is 4.79 Å². The summed E-state index contributed by atoms with van der Waals surface area (Å²) in [5.41, 5.74) is 5.83. The molecule has 1 aliphatic heterocycles. The van der Waals surface area contributed by atoms with Crippen molar-refractivity contribution >= 4 is 35.0 Å². The van der Waals surface area contributed by atoms with Gasteiger partial charge in [0.05, 0.1) is 5.69 Å². The Kier molecular flexibility index (Phi) is 9.13. The lowest BCUT2D eigenvalue weighted by Crippen LogP contribution is -2.43. The first-order chi connectivity index (χ1) is 18.4. The second kappa shape index (κ2) is 12.9. The van der Waals surface area contributed by atoms with Gasteiger partial charge in [-0.2, -0.15) is 0 Å². The minimum atomic E-state index is -0.151. The van der Waals surface area contributed by atoms with Gasteiger partial charge in [-0.25, -0.2) is 9.97 Å². The molecule has 1 saturated heterocycles. The molecule has 196 valence electrons. The normalized spacial score (nSPS) is 15.0. The molecule has 2 aromatic carbocycles. The standard InChI is InChI=1S/C30H35N7O/c1-5-24(20-31-6-2)27-13-14-32-30(34-27)35-28-19-26(12-7-22(28)3)33-29(38)25-10-8-23(9-11-25)21-37-17-15-36(4)16-18-37/h5-14,19-20H,1,15-18,21H2,2-4H3,(H,33,38)(H,32,34,35)/b24-20+,31-6-. The molecule has 1 aliphatic rings. The number of hydrogen-bond donors (Lipinski definition) is 2. The van der Waals surface area contributed by atoms with E-state index in [1.54, 1.807) is 24.7 Å². The van der Waals surface area contributed by atoms with Crippen molar-refractivity contribution in [2.75, 3.05) is 43.9 Å². The SMILES string of the molecule is C=C/C(=C\N=C/C)c1ccnc(Nc2cc(NC(=O)c3ccc(CN4CCN(C)CC4)cc3)ccc2C)n1. The lowest BCUT2D eigenvalue weighted by atomic mass is 10.1. The van der Waals surface area contributed by atoms with E-state index < -0.39 is 0 Å². The number of likely N-dealkylation sites (N-methyl/N-ethyl adjacent to an activating group) is 1. The average Bonchev–Trinajstić information content (AvgIpc) is 2.93. The lowest BCUT2D eigenvalue weighted by molar-refractivity contribution is 0.102. The number of nitrogens with one attached hydrogen (secondary N) is 2. The van der Waals surface area contributed by atoms with Gasteiger partial charge in [-0.15, -0.1) is 0 Å². The maximum absolute atomic E-state index is 12.9. The minimum absolute atomic E-state index is 0.151. The smallest absolute Gasteiger partial charge is 0.255 e. The summed E-state index contributed by atoms with van der Waals surface area (Å²) in [5, 5.41) is 6.27. The molecule has 0 aliphatic carbocycles. The molecule has 8 nitrogen and oxygen atoms in total. The van der Waals surface area contributed by atoms with Crippen molar-refractivity contribution in [2.45, 2.75) is 20.4 Å². The molecule has 38 heavy (non-hydrogen) atoms. The van der Waals surface area contributed by atoms with Gasteiger partial charge < -0.3 is 15.5 Å². The van der Waals surface area contributed by atoms with Gasteiger partial charge in [0.25, 0.3) is 5.91 Å². The van der Waals surface area contributed by atoms with E-state index in [4.69, 9.17) is 0 Å². The highest BCUT2D eigenvalue weighted by Crippen LogP contribution is 2.24. The summed E-state index contributed by atoms with van der Waals surface area (Å²) >= 11 is 0. The van der Waals surface area contributed by atoms with Gasteiger partial charge in [0.2, 0.25) is 5.95 Å². The number of aryl methyl sites for hydroxylation is 1. The molecule has 0 unspecified atom stereocenters. The van der Waals surface area contributed by atoms with Crippen LogP contribution in [0.25, 0.3) is 5.57 Å². The maximum Gasteiger partial charge on any atom is 0.255 e. The van der Waals surface area contributed by atoms with Crippen LogP contribution in [0.15, 0.2) is 78.6 Å². The van der Waals surface area contributed by atoms with E-state index in [0.717, 1.165) is 49.5 Å². The Morgan fingerprint density at radius 3 is 2.58 bits per heavy atom. The first-order valence-electron chi connectivity index (χ1n) is 12.8. The maximum atomic E-state index is 12.9. The zero-order chi connectivity index (χ0) is 26.9. The van der Waals surface area contributed by atoms with Gasteiger partial charge >= 0.3 is 0 Å². The van der Waals surface area contributed by atoms with Crippen LogP contribution in [0.4, 0.5) is 17.3 Å². The van der Waals surface area contributed by atoms with Crippen LogP contribution >= 0.6 is 0 Å². The first kappa shape index (κ1) is 26.9. The van der Waals surface area contributed by atoms with Gasteiger partial charge in [0, 0.05) is 73.8 Å². The van der Waals surface area contributed by atoms with Gasteiger partial charge in [0.1, 0.15) is 0 Å². The van der Waals surface area contributed by atoms with Crippen LogP contribution in [-0.2, 0) is 6.54 Å². The molecule has 3 aromatic rings. The molecule has 0 saturated carbocycles. The van der Waals surface area contributed by atoms with E-state index in [-0.39, 0.29) is 5.91 Å². The number of anilines is 3. The van der Waals surface area contributed by atoms with Crippen molar-refractivity contribution in [1.29, 1.82) is 0 Å². The van der Waals surface area contributed by atoms with Crippen LogP contribution in [-0.4, -0.2) is 65.1 Å². The van der Waals surface area contributed by atoms with E-state index in [0.29, 0.717) is 22.9 Å². The zero-order valence-electron chi connectivity index (χ0n) is 22.3. The summed E-state index contributed by atoms with van der Waals surface area (Å²) in [7, 11) is 2.16. The third-order valence-electron chi connectivity index (χ3n) is 6.49. The number of nitrogens with zero attached hydrogens (tertiary/aromatic N) is 5. The van der Waals surface area contributed by atoms with E-state index in [1.807, 2.05) is 62.4 Å². The number of rotatable bonds is 9. The quantitative estimate of drug-likeness (QED) is 0.307. The summed E-state index contributed by atoms with van der Waals surface area (Å²) in [4.78, 5) is 30.8. The number of carbonyl (C=O) groups is 1. The van der Waals surface area contributed by atoms with Crippen molar-refractivity contribution < 1.29 is 4.79 Å². The Balaban J connectivity index is 1.42. The van der Waals surface area contributed by atoms with Crippen LogP contribution in [0.2, 0.25) is 0 Å². The van der Waals surface area contributed by atoms with Crippen LogP contribution in [0.1, 0.15) is 34.1 Å². The topological polar surface area (TPSA) is 85.7 Å². The molecular weight excluding hydrogens is 474 g/mol. The molecule has 0 radical (unpaired) electrons. The Labute approximate surface area is 224 Å². The van der Waals surface area contributed by atoms with Crippen LogP contribution in [0.3, 0.4) is 0 Å². The van der Waals surface area contributed by atoms with Crippen molar-refractivity contribution in [2.24, 2.45) is 4.99 Å². The number of aliphatic imine (C=N–C) groups is 1.